The highest BCUT2D eigenvalue weighted by Gasteiger charge is 2.46. The van der Waals surface area contributed by atoms with Crippen molar-refractivity contribution in [3.63, 3.8) is 0 Å². The Balaban J connectivity index is 1.82. The SMILES string of the molecule is O=C(C1=C[C@@H](O)[C@@H](O)[C@H](O)C1)N1CCOCC12CCOC2. The predicted octanol–water partition coefficient (Wildman–Crippen LogP) is -1.58. The molecule has 2 saturated heterocycles. The van der Waals surface area contributed by atoms with Crippen LogP contribution in [0.15, 0.2) is 11.6 Å². The third-order valence-corrected chi connectivity index (χ3v) is 4.55. The molecule has 7 heteroatoms. The van der Waals surface area contributed by atoms with E-state index >= 15 is 0 Å². The predicted molar refractivity (Wildman–Crippen MR) is 71.4 cm³/mol. The number of carbonyl (C=O) groups excluding carboxylic acids is 1. The number of amides is 1. The Labute approximate surface area is 122 Å². The lowest BCUT2D eigenvalue weighted by molar-refractivity contribution is -0.146. The Hall–Kier alpha value is -0.990. The summed E-state index contributed by atoms with van der Waals surface area (Å²) in [6.07, 6.45) is -1.47. The van der Waals surface area contributed by atoms with E-state index in [2.05, 4.69) is 0 Å². The fraction of sp³-hybridized carbons (Fsp3) is 0.786. The lowest BCUT2D eigenvalue weighted by Gasteiger charge is -2.44. The van der Waals surface area contributed by atoms with Crippen molar-refractivity contribution >= 4 is 5.91 Å². The third-order valence-electron chi connectivity index (χ3n) is 4.55. The van der Waals surface area contributed by atoms with E-state index in [-0.39, 0.29) is 12.3 Å². The van der Waals surface area contributed by atoms with Crippen LogP contribution in [0.3, 0.4) is 0 Å². The van der Waals surface area contributed by atoms with Crippen LogP contribution in [0.25, 0.3) is 0 Å². The molecule has 21 heavy (non-hydrogen) atoms. The summed E-state index contributed by atoms with van der Waals surface area (Å²) in [7, 11) is 0. The Kier molecular flexibility index (Phi) is 4.02. The lowest BCUT2D eigenvalue weighted by atomic mass is 9.89. The number of aliphatic hydroxyl groups is 3. The minimum atomic E-state index is -1.24. The maximum Gasteiger partial charge on any atom is 0.250 e. The molecule has 7 nitrogen and oxygen atoms in total. The number of nitrogens with zero attached hydrogens (tertiary/aromatic N) is 1. The molecule has 0 bridgehead atoms. The first-order chi connectivity index (χ1) is 10.0. The molecular weight excluding hydrogens is 278 g/mol. The molecule has 0 aromatic carbocycles. The molecule has 0 radical (unpaired) electrons. The van der Waals surface area contributed by atoms with Crippen LogP contribution in [0.5, 0.6) is 0 Å². The summed E-state index contributed by atoms with van der Waals surface area (Å²) in [6, 6.07) is 0. The van der Waals surface area contributed by atoms with Crippen LogP contribution >= 0.6 is 0 Å². The maximum atomic E-state index is 12.8. The normalized spacial score (nSPS) is 40.4. The summed E-state index contributed by atoms with van der Waals surface area (Å²) in [4.78, 5) is 14.5. The standard InChI is InChI=1S/C14H21NO6/c16-10-5-9(6-11(17)12(10)18)13(19)15-2-4-21-8-14(15)1-3-20-7-14/h5,10-12,16-18H,1-4,6-8H2/t10-,11-,12-,14?/m1/s1. The molecule has 118 valence electrons. The van der Waals surface area contributed by atoms with Gasteiger partial charge in [-0.25, -0.2) is 0 Å². The quantitative estimate of drug-likeness (QED) is 0.540. The fourth-order valence-electron chi connectivity index (χ4n) is 3.25. The van der Waals surface area contributed by atoms with Crippen molar-refractivity contribution in [2.45, 2.75) is 36.7 Å². The van der Waals surface area contributed by atoms with Gasteiger partial charge < -0.3 is 29.7 Å². The summed E-state index contributed by atoms with van der Waals surface area (Å²) in [5.41, 5.74) is -0.101. The van der Waals surface area contributed by atoms with Gasteiger partial charge in [-0.15, -0.1) is 0 Å². The van der Waals surface area contributed by atoms with Gasteiger partial charge in [-0.2, -0.15) is 0 Å². The van der Waals surface area contributed by atoms with Crippen LogP contribution in [0.4, 0.5) is 0 Å². The number of ether oxygens (including phenoxy) is 2. The Morgan fingerprint density at radius 3 is 2.62 bits per heavy atom. The van der Waals surface area contributed by atoms with Gasteiger partial charge in [-0.1, -0.05) is 0 Å². The molecule has 4 atom stereocenters. The van der Waals surface area contributed by atoms with Crippen molar-refractivity contribution in [3.8, 4) is 0 Å². The first kappa shape index (κ1) is 14.9. The second-order valence-corrected chi connectivity index (χ2v) is 5.98. The molecule has 3 N–H and O–H groups in total. The van der Waals surface area contributed by atoms with Crippen molar-refractivity contribution in [1.29, 1.82) is 0 Å². The van der Waals surface area contributed by atoms with Crippen molar-refractivity contribution in [2.24, 2.45) is 0 Å². The molecule has 2 fully saturated rings. The van der Waals surface area contributed by atoms with E-state index in [0.717, 1.165) is 6.42 Å². The zero-order chi connectivity index (χ0) is 15.0. The molecule has 2 aliphatic heterocycles. The van der Waals surface area contributed by atoms with E-state index in [1.54, 1.807) is 4.90 Å². The molecule has 1 aliphatic carbocycles. The molecule has 2 heterocycles. The van der Waals surface area contributed by atoms with Gasteiger partial charge in [0.15, 0.2) is 0 Å². The van der Waals surface area contributed by atoms with Crippen LogP contribution in [0, 0.1) is 0 Å². The number of morpholine rings is 1. The van der Waals surface area contributed by atoms with E-state index in [0.29, 0.717) is 38.5 Å². The molecule has 0 saturated carbocycles. The highest BCUT2D eigenvalue weighted by Crippen LogP contribution is 2.32. The molecule has 1 amide bonds. The zero-order valence-corrected chi connectivity index (χ0v) is 11.8. The summed E-state index contributed by atoms with van der Waals surface area (Å²) in [5.74, 6) is -0.214. The number of aliphatic hydroxyl groups excluding tert-OH is 3. The van der Waals surface area contributed by atoms with Gasteiger partial charge in [0.2, 0.25) is 5.91 Å². The Bertz CT molecular complexity index is 445. The average Bonchev–Trinajstić information content (AvgIpc) is 2.93. The van der Waals surface area contributed by atoms with Gasteiger partial charge in [0.25, 0.3) is 0 Å². The number of hydrogen-bond acceptors (Lipinski definition) is 6. The molecule has 0 aromatic rings. The highest BCUT2D eigenvalue weighted by molar-refractivity contribution is 5.94. The Morgan fingerprint density at radius 2 is 1.95 bits per heavy atom. The molecular formula is C14H21NO6. The molecule has 3 rings (SSSR count). The summed E-state index contributed by atoms with van der Waals surface area (Å²) in [5, 5.41) is 29.0. The van der Waals surface area contributed by atoms with Crippen LogP contribution in [-0.2, 0) is 14.3 Å². The van der Waals surface area contributed by atoms with Gasteiger partial charge in [0.1, 0.15) is 12.2 Å². The molecule has 3 aliphatic rings. The number of rotatable bonds is 1. The van der Waals surface area contributed by atoms with Crippen LogP contribution in [-0.4, -0.2) is 82.9 Å². The largest absolute Gasteiger partial charge is 0.390 e. The van der Waals surface area contributed by atoms with Crippen LogP contribution in [0.1, 0.15) is 12.8 Å². The monoisotopic (exact) mass is 299 g/mol. The van der Waals surface area contributed by atoms with Gasteiger partial charge in [0, 0.05) is 25.1 Å². The van der Waals surface area contributed by atoms with Crippen molar-refractivity contribution in [2.75, 3.05) is 33.0 Å². The van der Waals surface area contributed by atoms with E-state index in [9.17, 15) is 20.1 Å². The first-order valence-electron chi connectivity index (χ1n) is 7.26. The summed E-state index contributed by atoms with van der Waals surface area (Å²) >= 11 is 0. The highest BCUT2D eigenvalue weighted by atomic mass is 16.5. The van der Waals surface area contributed by atoms with E-state index in [1.807, 2.05) is 0 Å². The lowest BCUT2D eigenvalue weighted by Crippen LogP contribution is -2.60. The van der Waals surface area contributed by atoms with Gasteiger partial charge in [-0.3, -0.25) is 4.79 Å². The average molecular weight is 299 g/mol. The van der Waals surface area contributed by atoms with Crippen LogP contribution in [0.2, 0.25) is 0 Å². The topological polar surface area (TPSA) is 99.5 Å². The van der Waals surface area contributed by atoms with Crippen molar-refractivity contribution in [1.82, 2.24) is 4.90 Å². The first-order valence-corrected chi connectivity index (χ1v) is 7.26. The molecule has 1 unspecified atom stereocenters. The van der Waals surface area contributed by atoms with E-state index in [4.69, 9.17) is 9.47 Å². The smallest absolute Gasteiger partial charge is 0.250 e. The summed E-state index contributed by atoms with van der Waals surface area (Å²) in [6.45, 7) is 2.42. The van der Waals surface area contributed by atoms with Gasteiger partial charge in [0.05, 0.1) is 31.5 Å². The number of hydrogen-bond donors (Lipinski definition) is 3. The van der Waals surface area contributed by atoms with Gasteiger partial charge >= 0.3 is 0 Å². The van der Waals surface area contributed by atoms with E-state index < -0.39 is 23.9 Å². The fourth-order valence-corrected chi connectivity index (χ4v) is 3.25. The minimum absolute atomic E-state index is 0.0470. The van der Waals surface area contributed by atoms with Crippen LogP contribution < -0.4 is 0 Å². The maximum absolute atomic E-state index is 12.8. The second kappa shape index (κ2) is 5.66. The number of carbonyl (C=O) groups is 1. The third kappa shape index (κ3) is 2.60. The summed E-state index contributed by atoms with van der Waals surface area (Å²) < 4.78 is 10.9. The Morgan fingerprint density at radius 1 is 1.24 bits per heavy atom. The van der Waals surface area contributed by atoms with Gasteiger partial charge in [-0.05, 0) is 12.5 Å². The van der Waals surface area contributed by atoms with Crippen molar-refractivity contribution < 1.29 is 29.6 Å². The zero-order valence-electron chi connectivity index (χ0n) is 11.8. The second-order valence-electron chi connectivity index (χ2n) is 5.98. The van der Waals surface area contributed by atoms with E-state index in [1.165, 1.54) is 6.08 Å². The van der Waals surface area contributed by atoms with Crippen molar-refractivity contribution in [3.05, 3.63) is 11.6 Å². The minimum Gasteiger partial charge on any atom is -0.390 e. The molecule has 1 spiro atoms. The molecule has 0 aromatic heterocycles.